The average Bonchev–Trinajstić information content (AvgIpc) is 3.18. The molecular weight excluding hydrogens is 294 g/mol. The Labute approximate surface area is 136 Å². The van der Waals surface area contributed by atoms with Crippen molar-refractivity contribution in [3.8, 4) is 5.75 Å². The minimum atomic E-state index is -1.11. The molecule has 0 saturated carbocycles. The first-order valence-corrected chi connectivity index (χ1v) is 8.18. The summed E-state index contributed by atoms with van der Waals surface area (Å²) in [6.07, 6.45) is 2.95. The Kier molecular flexibility index (Phi) is 4.46. The normalized spacial score (nSPS) is 25.0. The van der Waals surface area contributed by atoms with Crippen LogP contribution in [-0.4, -0.2) is 54.8 Å². The number of aliphatic carboxylic acids is 1. The van der Waals surface area contributed by atoms with Crippen LogP contribution in [0.25, 0.3) is 0 Å². The van der Waals surface area contributed by atoms with Crippen LogP contribution in [0.3, 0.4) is 0 Å². The van der Waals surface area contributed by atoms with E-state index in [4.69, 9.17) is 10.5 Å². The molecule has 0 aliphatic carbocycles. The van der Waals surface area contributed by atoms with Gasteiger partial charge in [-0.15, -0.1) is 0 Å². The van der Waals surface area contributed by atoms with Crippen LogP contribution >= 0.6 is 0 Å². The van der Waals surface area contributed by atoms with Crippen molar-refractivity contribution >= 4 is 11.7 Å². The lowest BCUT2D eigenvalue weighted by molar-refractivity contribution is -0.142. The van der Waals surface area contributed by atoms with Gasteiger partial charge in [-0.25, -0.2) is 0 Å². The van der Waals surface area contributed by atoms with Gasteiger partial charge >= 0.3 is 5.97 Å². The topological polar surface area (TPSA) is 79.0 Å². The molecule has 2 saturated heterocycles. The lowest BCUT2D eigenvalue weighted by Crippen LogP contribution is -2.50. The highest BCUT2D eigenvalue weighted by molar-refractivity contribution is 5.79. The quantitative estimate of drug-likeness (QED) is 0.851. The molecule has 2 aliphatic rings. The molecule has 0 spiro atoms. The van der Waals surface area contributed by atoms with Crippen molar-refractivity contribution in [3.63, 3.8) is 0 Å². The lowest BCUT2D eigenvalue weighted by Gasteiger charge is -2.23. The summed E-state index contributed by atoms with van der Waals surface area (Å²) < 4.78 is 5.56. The first kappa shape index (κ1) is 16.1. The molecule has 6 nitrogen and oxygen atoms in total. The van der Waals surface area contributed by atoms with E-state index in [1.54, 1.807) is 7.11 Å². The van der Waals surface area contributed by atoms with E-state index in [1.807, 2.05) is 0 Å². The lowest BCUT2D eigenvalue weighted by atomic mass is 10.0. The monoisotopic (exact) mass is 319 g/mol. The van der Waals surface area contributed by atoms with E-state index in [9.17, 15) is 9.90 Å². The van der Waals surface area contributed by atoms with Gasteiger partial charge in [0, 0.05) is 32.7 Å². The Bertz CT molecular complexity index is 586. The second-order valence-electron chi connectivity index (χ2n) is 6.62. The zero-order valence-electron chi connectivity index (χ0n) is 13.6. The molecule has 23 heavy (non-hydrogen) atoms. The van der Waals surface area contributed by atoms with E-state index >= 15 is 0 Å². The Hall–Kier alpha value is -1.79. The molecule has 1 atom stereocenters. The van der Waals surface area contributed by atoms with Gasteiger partial charge in [0.25, 0.3) is 0 Å². The van der Waals surface area contributed by atoms with E-state index in [0.29, 0.717) is 26.1 Å². The molecule has 0 bridgehead atoms. The Morgan fingerprint density at radius 1 is 1.35 bits per heavy atom. The largest absolute Gasteiger partial charge is 0.495 e. The summed E-state index contributed by atoms with van der Waals surface area (Å²) >= 11 is 0. The molecule has 6 heteroatoms. The summed E-state index contributed by atoms with van der Waals surface area (Å²) in [4.78, 5) is 15.7. The molecule has 3 rings (SSSR count). The van der Waals surface area contributed by atoms with Crippen molar-refractivity contribution in [3.05, 3.63) is 23.8 Å². The Balaban J connectivity index is 1.70. The molecule has 0 radical (unpaired) electrons. The number of ether oxygens (including phenoxy) is 1. The summed E-state index contributed by atoms with van der Waals surface area (Å²) in [5.74, 6) is -0.0252. The molecule has 3 N–H and O–H groups in total. The van der Waals surface area contributed by atoms with Gasteiger partial charge in [0.15, 0.2) is 0 Å². The Morgan fingerprint density at radius 3 is 2.70 bits per heavy atom. The molecule has 0 amide bonds. The second-order valence-corrected chi connectivity index (χ2v) is 6.62. The zero-order chi connectivity index (χ0) is 16.4. The average molecular weight is 319 g/mol. The highest BCUT2D eigenvalue weighted by Gasteiger charge is 2.41. The number of nitrogens with zero attached hydrogens (tertiary/aromatic N) is 2. The maximum atomic E-state index is 11.2. The van der Waals surface area contributed by atoms with Crippen molar-refractivity contribution in [1.82, 2.24) is 4.90 Å². The number of carbonyl (C=O) groups is 1. The number of rotatable bonds is 5. The number of nitrogens with two attached hydrogens (primary N) is 1. The maximum absolute atomic E-state index is 11.2. The number of methoxy groups -OCH3 is 1. The fourth-order valence-electron chi connectivity index (χ4n) is 3.52. The molecule has 1 aromatic carbocycles. The third-order valence-electron chi connectivity index (χ3n) is 4.90. The van der Waals surface area contributed by atoms with Crippen molar-refractivity contribution in [2.45, 2.75) is 31.3 Å². The molecule has 2 fully saturated rings. The Morgan fingerprint density at radius 2 is 2.09 bits per heavy atom. The summed E-state index contributed by atoms with van der Waals surface area (Å²) in [5, 5.41) is 9.22. The van der Waals surface area contributed by atoms with Crippen LogP contribution in [0.1, 0.15) is 24.8 Å². The van der Waals surface area contributed by atoms with E-state index in [1.165, 1.54) is 12.8 Å². The van der Waals surface area contributed by atoms with Gasteiger partial charge < -0.3 is 20.5 Å². The maximum Gasteiger partial charge on any atom is 0.325 e. The van der Waals surface area contributed by atoms with Crippen LogP contribution in [0.2, 0.25) is 0 Å². The van der Waals surface area contributed by atoms with Crippen LogP contribution in [-0.2, 0) is 11.3 Å². The number of hydrogen-bond donors (Lipinski definition) is 2. The third kappa shape index (κ3) is 3.28. The molecule has 0 aromatic heterocycles. The third-order valence-corrected chi connectivity index (χ3v) is 4.90. The van der Waals surface area contributed by atoms with Crippen LogP contribution in [0.15, 0.2) is 18.2 Å². The highest BCUT2D eigenvalue weighted by atomic mass is 16.5. The van der Waals surface area contributed by atoms with Crippen molar-refractivity contribution in [2.24, 2.45) is 5.73 Å². The molecule has 0 unspecified atom stereocenters. The molecular formula is C17H25N3O3. The van der Waals surface area contributed by atoms with Crippen molar-refractivity contribution in [1.29, 1.82) is 0 Å². The van der Waals surface area contributed by atoms with Gasteiger partial charge in [-0.05, 0) is 37.0 Å². The SMILES string of the molecule is COc1cc(CN2CC[C@](N)(C(=O)O)C2)ccc1N1CCCC1. The van der Waals surface area contributed by atoms with Gasteiger partial charge in [0.05, 0.1) is 12.8 Å². The molecule has 1 aromatic rings. The number of benzene rings is 1. The number of likely N-dealkylation sites (tertiary alicyclic amines) is 1. The van der Waals surface area contributed by atoms with Crippen LogP contribution < -0.4 is 15.4 Å². The standard InChI is InChI=1S/C17H25N3O3/c1-23-15-10-13(4-5-14(15)20-7-2-3-8-20)11-19-9-6-17(18,12-19)16(21)22/h4-5,10H,2-3,6-9,11-12,18H2,1H3,(H,21,22)/t17-/m1/s1. The summed E-state index contributed by atoms with van der Waals surface area (Å²) in [5.41, 5.74) is 7.10. The first-order chi connectivity index (χ1) is 11.0. The number of carboxylic acid groups (broad SMARTS) is 1. The fraction of sp³-hybridized carbons (Fsp3) is 0.588. The predicted octanol–water partition coefficient (Wildman–Crippen LogP) is 1.28. The summed E-state index contributed by atoms with van der Waals surface area (Å²) in [6, 6.07) is 6.28. The zero-order valence-corrected chi connectivity index (χ0v) is 13.6. The van der Waals surface area contributed by atoms with Crippen LogP contribution in [0.5, 0.6) is 5.75 Å². The molecule has 2 heterocycles. The second kappa shape index (κ2) is 6.37. The van der Waals surface area contributed by atoms with Gasteiger partial charge in [-0.2, -0.15) is 0 Å². The molecule has 2 aliphatic heterocycles. The number of anilines is 1. The van der Waals surface area contributed by atoms with Crippen LogP contribution in [0, 0.1) is 0 Å². The smallest absolute Gasteiger partial charge is 0.325 e. The van der Waals surface area contributed by atoms with E-state index < -0.39 is 11.5 Å². The fourth-order valence-corrected chi connectivity index (χ4v) is 3.52. The number of hydrogen-bond acceptors (Lipinski definition) is 5. The van der Waals surface area contributed by atoms with Crippen LogP contribution in [0.4, 0.5) is 5.69 Å². The number of carboxylic acids is 1. The van der Waals surface area contributed by atoms with Gasteiger partial charge in [-0.3, -0.25) is 9.69 Å². The van der Waals surface area contributed by atoms with E-state index in [0.717, 1.165) is 30.1 Å². The minimum absolute atomic E-state index is 0.387. The highest BCUT2D eigenvalue weighted by Crippen LogP contribution is 2.32. The van der Waals surface area contributed by atoms with Crippen molar-refractivity contribution < 1.29 is 14.6 Å². The van der Waals surface area contributed by atoms with Crippen molar-refractivity contribution in [2.75, 3.05) is 38.2 Å². The van der Waals surface area contributed by atoms with Gasteiger partial charge in [-0.1, -0.05) is 6.07 Å². The van der Waals surface area contributed by atoms with E-state index in [-0.39, 0.29) is 0 Å². The first-order valence-electron chi connectivity index (χ1n) is 8.18. The van der Waals surface area contributed by atoms with Gasteiger partial charge in [0.1, 0.15) is 11.3 Å². The summed E-state index contributed by atoms with van der Waals surface area (Å²) in [7, 11) is 1.70. The van der Waals surface area contributed by atoms with Gasteiger partial charge in [0.2, 0.25) is 0 Å². The summed E-state index contributed by atoms with van der Waals surface area (Å²) in [6.45, 7) is 3.95. The minimum Gasteiger partial charge on any atom is -0.495 e. The molecule has 126 valence electrons. The van der Waals surface area contributed by atoms with E-state index in [2.05, 4.69) is 28.0 Å². The predicted molar refractivity (Wildman–Crippen MR) is 88.9 cm³/mol.